The smallest absolute Gasteiger partial charge is 0.333 e. The van der Waals surface area contributed by atoms with Crippen molar-refractivity contribution in [3.63, 3.8) is 0 Å². The molecule has 0 aliphatic rings. The number of benzene rings is 1. The standard InChI is InChI=1S/C24H20N8O/c1-24(2,13-25)20-7-5-16(11-28-20)32-21-17-8-14(15-9-29-22(26)30-10-15)4-6-18(17)27-12-19(21)31(3)23(32)33/h4-12H,1-3H3,(H2,26,29,30). The summed E-state index contributed by atoms with van der Waals surface area (Å²) in [6.45, 7) is 3.61. The van der Waals surface area contributed by atoms with Crippen LogP contribution in [0, 0.1) is 11.3 Å². The van der Waals surface area contributed by atoms with Gasteiger partial charge in [0.1, 0.15) is 0 Å². The molecule has 0 bridgehead atoms. The zero-order valence-electron chi connectivity index (χ0n) is 18.3. The molecule has 0 saturated heterocycles. The Balaban J connectivity index is 1.78. The summed E-state index contributed by atoms with van der Waals surface area (Å²) in [5.41, 5.74) is 9.77. The first-order valence-electron chi connectivity index (χ1n) is 10.3. The molecule has 9 heteroatoms. The molecule has 162 valence electrons. The van der Waals surface area contributed by atoms with E-state index in [4.69, 9.17) is 5.73 Å². The molecule has 2 N–H and O–H groups in total. The highest BCUT2D eigenvalue weighted by Gasteiger charge is 2.22. The van der Waals surface area contributed by atoms with Crippen LogP contribution in [0.25, 0.3) is 38.8 Å². The fourth-order valence-corrected chi connectivity index (χ4v) is 3.85. The quantitative estimate of drug-likeness (QED) is 0.460. The number of hydrogen-bond donors (Lipinski definition) is 1. The van der Waals surface area contributed by atoms with Crippen LogP contribution < -0.4 is 11.4 Å². The number of nitrogen functional groups attached to an aromatic ring is 1. The van der Waals surface area contributed by atoms with E-state index < -0.39 is 5.41 Å². The van der Waals surface area contributed by atoms with Gasteiger partial charge in [-0.15, -0.1) is 0 Å². The van der Waals surface area contributed by atoms with Crippen molar-refractivity contribution in [1.29, 1.82) is 5.26 Å². The average molecular weight is 436 g/mol. The predicted molar refractivity (Wildman–Crippen MR) is 126 cm³/mol. The number of nitrogens with two attached hydrogens (primary N) is 1. The Bertz CT molecular complexity index is 1620. The van der Waals surface area contributed by atoms with E-state index in [1.54, 1.807) is 60.9 Å². The molecule has 0 aliphatic heterocycles. The van der Waals surface area contributed by atoms with Crippen molar-refractivity contribution < 1.29 is 0 Å². The lowest BCUT2D eigenvalue weighted by atomic mass is 9.91. The van der Waals surface area contributed by atoms with Gasteiger partial charge in [0.2, 0.25) is 5.95 Å². The van der Waals surface area contributed by atoms with Gasteiger partial charge in [0, 0.05) is 30.4 Å². The third-order valence-corrected chi connectivity index (χ3v) is 5.81. The molecular weight excluding hydrogens is 416 g/mol. The Kier molecular flexibility index (Phi) is 4.46. The summed E-state index contributed by atoms with van der Waals surface area (Å²) in [6.07, 6.45) is 6.64. The molecule has 5 aromatic rings. The molecular formula is C24H20N8O. The molecule has 33 heavy (non-hydrogen) atoms. The zero-order chi connectivity index (χ0) is 23.3. The number of nitriles is 1. The summed E-state index contributed by atoms with van der Waals surface area (Å²) in [4.78, 5) is 30.4. The molecule has 5 rings (SSSR count). The molecule has 1 aromatic carbocycles. The van der Waals surface area contributed by atoms with Gasteiger partial charge in [-0.1, -0.05) is 6.07 Å². The third-order valence-electron chi connectivity index (χ3n) is 5.81. The van der Waals surface area contributed by atoms with E-state index >= 15 is 0 Å². The minimum atomic E-state index is -0.727. The first kappa shape index (κ1) is 20.3. The maximum Gasteiger partial charge on any atom is 0.333 e. The number of aromatic nitrogens is 6. The number of pyridine rings is 2. The molecule has 4 heterocycles. The Labute approximate surface area is 188 Å². The van der Waals surface area contributed by atoms with Crippen LogP contribution in [0.3, 0.4) is 0 Å². The van der Waals surface area contributed by atoms with Crippen molar-refractivity contribution in [3.8, 4) is 22.9 Å². The fourth-order valence-electron chi connectivity index (χ4n) is 3.85. The van der Waals surface area contributed by atoms with Gasteiger partial charge >= 0.3 is 5.69 Å². The molecule has 9 nitrogen and oxygen atoms in total. The first-order chi connectivity index (χ1) is 15.8. The van der Waals surface area contributed by atoms with Crippen LogP contribution in [-0.4, -0.2) is 29.1 Å². The predicted octanol–water partition coefficient (Wildman–Crippen LogP) is 3.11. The van der Waals surface area contributed by atoms with Gasteiger partial charge in [-0.3, -0.25) is 19.1 Å². The van der Waals surface area contributed by atoms with Crippen molar-refractivity contribution in [2.75, 3.05) is 5.73 Å². The van der Waals surface area contributed by atoms with Crippen molar-refractivity contribution in [2.24, 2.45) is 7.05 Å². The monoisotopic (exact) mass is 436 g/mol. The van der Waals surface area contributed by atoms with Gasteiger partial charge in [0.15, 0.2) is 0 Å². The lowest BCUT2D eigenvalue weighted by molar-refractivity contribution is 0.658. The van der Waals surface area contributed by atoms with E-state index in [0.29, 0.717) is 16.9 Å². The normalized spacial score (nSPS) is 11.7. The summed E-state index contributed by atoms with van der Waals surface area (Å²) < 4.78 is 3.19. The van der Waals surface area contributed by atoms with Gasteiger partial charge in [-0.25, -0.2) is 14.8 Å². The Morgan fingerprint density at radius 2 is 1.73 bits per heavy atom. The first-order valence-corrected chi connectivity index (χ1v) is 10.3. The third kappa shape index (κ3) is 3.20. The van der Waals surface area contributed by atoms with E-state index in [9.17, 15) is 10.1 Å². The van der Waals surface area contributed by atoms with E-state index in [0.717, 1.165) is 27.5 Å². The number of rotatable bonds is 3. The molecule has 0 atom stereocenters. The Hall–Kier alpha value is -4.58. The van der Waals surface area contributed by atoms with Crippen LogP contribution >= 0.6 is 0 Å². The minimum absolute atomic E-state index is 0.205. The van der Waals surface area contributed by atoms with Crippen LogP contribution in [0.15, 0.2) is 59.9 Å². The molecule has 0 saturated carbocycles. The lowest BCUT2D eigenvalue weighted by Gasteiger charge is -2.15. The van der Waals surface area contributed by atoms with Crippen LogP contribution in [0.5, 0.6) is 0 Å². The second-order valence-corrected chi connectivity index (χ2v) is 8.37. The van der Waals surface area contributed by atoms with Gasteiger partial charge in [-0.2, -0.15) is 5.26 Å². The topological polar surface area (TPSA) is 128 Å². The summed E-state index contributed by atoms with van der Waals surface area (Å²) >= 11 is 0. The highest BCUT2D eigenvalue weighted by molar-refractivity contribution is 6.04. The summed E-state index contributed by atoms with van der Waals surface area (Å²) in [5.74, 6) is 0.205. The zero-order valence-corrected chi connectivity index (χ0v) is 18.3. The minimum Gasteiger partial charge on any atom is -0.368 e. The molecule has 4 aromatic heterocycles. The van der Waals surface area contributed by atoms with E-state index in [-0.39, 0.29) is 11.6 Å². The lowest BCUT2D eigenvalue weighted by Crippen LogP contribution is -2.21. The Morgan fingerprint density at radius 1 is 0.970 bits per heavy atom. The van der Waals surface area contributed by atoms with Crippen LogP contribution in [0.4, 0.5) is 5.95 Å². The van der Waals surface area contributed by atoms with Gasteiger partial charge in [0.05, 0.1) is 51.8 Å². The van der Waals surface area contributed by atoms with Crippen LogP contribution in [-0.2, 0) is 12.5 Å². The van der Waals surface area contributed by atoms with E-state index in [1.807, 2.05) is 24.3 Å². The second kappa shape index (κ2) is 7.24. The maximum atomic E-state index is 13.2. The molecule has 0 aliphatic carbocycles. The highest BCUT2D eigenvalue weighted by atomic mass is 16.1. The molecule has 0 amide bonds. The fraction of sp³-hybridized carbons (Fsp3) is 0.167. The maximum absolute atomic E-state index is 13.2. The SMILES string of the molecule is Cn1c(=O)n(-c2ccc(C(C)(C)C#N)nc2)c2c3cc(-c4cnc(N)nc4)ccc3ncc21. The van der Waals surface area contributed by atoms with Crippen molar-refractivity contribution in [3.05, 3.63) is 71.3 Å². The highest BCUT2D eigenvalue weighted by Crippen LogP contribution is 2.30. The average Bonchev–Trinajstić information content (AvgIpc) is 3.09. The van der Waals surface area contributed by atoms with Crippen molar-refractivity contribution in [2.45, 2.75) is 19.3 Å². The summed E-state index contributed by atoms with van der Waals surface area (Å²) in [5, 5.41) is 10.2. The number of anilines is 1. The summed E-state index contributed by atoms with van der Waals surface area (Å²) in [7, 11) is 1.72. The number of imidazole rings is 1. The van der Waals surface area contributed by atoms with Gasteiger partial charge in [0.25, 0.3) is 0 Å². The number of nitrogens with zero attached hydrogens (tertiary/aromatic N) is 7. The van der Waals surface area contributed by atoms with Crippen LogP contribution in [0.2, 0.25) is 0 Å². The van der Waals surface area contributed by atoms with Crippen molar-refractivity contribution >= 4 is 27.9 Å². The largest absolute Gasteiger partial charge is 0.368 e. The van der Waals surface area contributed by atoms with Gasteiger partial charge < -0.3 is 5.73 Å². The van der Waals surface area contributed by atoms with Crippen molar-refractivity contribution in [1.82, 2.24) is 29.1 Å². The van der Waals surface area contributed by atoms with E-state index in [2.05, 4.69) is 26.0 Å². The molecule has 0 spiro atoms. The number of fused-ring (bicyclic) bond motifs is 3. The van der Waals surface area contributed by atoms with E-state index in [1.165, 1.54) is 0 Å². The second-order valence-electron chi connectivity index (χ2n) is 8.37. The van der Waals surface area contributed by atoms with Gasteiger partial charge in [-0.05, 0) is 43.7 Å². The van der Waals surface area contributed by atoms with Crippen LogP contribution in [0.1, 0.15) is 19.5 Å². The Morgan fingerprint density at radius 3 is 2.39 bits per heavy atom. The molecule has 0 fully saturated rings. The molecule has 0 radical (unpaired) electrons. The summed E-state index contributed by atoms with van der Waals surface area (Å²) in [6, 6.07) is 11.6. The molecule has 0 unspecified atom stereocenters. The number of aryl methyl sites for hydroxylation is 1. The number of hydrogen-bond acceptors (Lipinski definition) is 7.